The number of hydrogen-bond acceptors (Lipinski definition) is 4. The molecule has 0 unspecified atom stereocenters. The van der Waals surface area contributed by atoms with Crippen LogP contribution in [-0.2, 0) is 4.79 Å². The van der Waals surface area contributed by atoms with Crippen molar-refractivity contribution in [3.63, 3.8) is 0 Å². The van der Waals surface area contributed by atoms with Crippen molar-refractivity contribution in [2.24, 2.45) is 0 Å². The summed E-state index contributed by atoms with van der Waals surface area (Å²) >= 11 is 5.02. The number of hydrogen-bond donors (Lipinski definition) is 1. The first kappa shape index (κ1) is 15.4. The van der Waals surface area contributed by atoms with Crippen molar-refractivity contribution in [2.45, 2.75) is 13.3 Å². The lowest BCUT2D eigenvalue weighted by Crippen LogP contribution is -2.38. The molecule has 0 saturated carbocycles. The molecule has 1 aromatic carbocycles. The van der Waals surface area contributed by atoms with E-state index in [-0.39, 0.29) is 29.4 Å². The SMILES string of the molecule is Cc1cc(Br)c(O)c(C(=O)CC(=O)N2CCSCC2)c1. The molecule has 108 valence electrons. The van der Waals surface area contributed by atoms with Crippen LogP contribution in [0.25, 0.3) is 0 Å². The smallest absolute Gasteiger partial charge is 0.230 e. The summed E-state index contributed by atoms with van der Waals surface area (Å²) in [6.45, 7) is 3.23. The molecule has 1 aliphatic heterocycles. The Labute approximate surface area is 130 Å². The number of halogens is 1. The fraction of sp³-hybridized carbons (Fsp3) is 0.429. The number of nitrogens with zero attached hydrogens (tertiary/aromatic N) is 1. The first-order valence-corrected chi connectivity index (χ1v) is 8.31. The Morgan fingerprint density at radius 3 is 2.65 bits per heavy atom. The minimum absolute atomic E-state index is 0.0948. The topological polar surface area (TPSA) is 57.6 Å². The van der Waals surface area contributed by atoms with Crippen LogP contribution < -0.4 is 0 Å². The summed E-state index contributed by atoms with van der Waals surface area (Å²) in [4.78, 5) is 26.0. The standard InChI is InChI=1S/C14H16BrNO3S/c1-9-6-10(14(19)11(15)7-9)12(17)8-13(18)16-2-4-20-5-3-16/h6-7,19H,2-5,8H2,1H3. The zero-order chi connectivity index (χ0) is 14.7. The number of carbonyl (C=O) groups is 2. The highest BCUT2D eigenvalue weighted by molar-refractivity contribution is 9.10. The third-order valence-corrected chi connectivity index (χ3v) is 4.73. The first-order chi connectivity index (χ1) is 9.49. The normalized spacial score (nSPS) is 15.2. The zero-order valence-corrected chi connectivity index (χ0v) is 13.6. The molecule has 0 atom stereocenters. The lowest BCUT2D eigenvalue weighted by molar-refractivity contribution is -0.129. The van der Waals surface area contributed by atoms with Gasteiger partial charge in [0.25, 0.3) is 0 Å². The van der Waals surface area contributed by atoms with Crippen molar-refractivity contribution in [1.82, 2.24) is 4.90 Å². The van der Waals surface area contributed by atoms with Crippen molar-refractivity contribution in [3.8, 4) is 5.75 Å². The molecule has 0 bridgehead atoms. The third kappa shape index (κ3) is 3.55. The molecule has 1 saturated heterocycles. The van der Waals surface area contributed by atoms with Gasteiger partial charge < -0.3 is 10.0 Å². The summed E-state index contributed by atoms with van der Waals surface area (Å²) in [6.07, 6.45) is -0.186. The molecule has 1 amide bonds. The van der Waals surface area contributed by atoms with E-state index in [0.29, 0.717) is 17.6 Å². The van der Waals surface area contributed by atoms with Gasteiger partial charge >= 0.3 is 0 Å². The van der Waals surface area contributed by atoms with Crippen LogP contribution in [0.3, 0.4) is 0 Å². The van der Waals surface area contributed by atoms with E-state index >= 15 is 0 Å². The van der Waals surface area contributed by atoms with E-state index in [9.17, 15) is 14.7 Å². The molecule has 1 N–H and O–H groups in total. The summed E-state index contributed by atoms with van der Waals surface area (Å²) in [6, 6.07) is 3.34. The first-order valence-electron chi connectivity index (χ1n) is 6.37. The van der Waals surface area contributed by atoms with Crippen molar-refractivity contribution < 1.29 is 14.7 Å². The number of thioether (sulfide) groups is 1. The molecular weight excluding hydrogens is 342 g/mol. The van der Waals surface area contributed by atoms with E-state index < -0.39 is 0 Å². The van der Waals surface area contributed by atoms with Gasteiger partial charge in [-0.3, -0.25) is 9.59 Å². The Morgan fingerprint density at radius 1 is 1.35 bits per heavy atom. The second-order valence-electron chi connectivity index (χ2n) is 4.74. The van der Waals surface area contributed by atoms with E-state index in [0.717, 1.165) is 17.1 Å². The van der Waals surface area contributed by atoms with Crippen LogP contribution in [0.15, 0.2) is 16.6 Å². The highest BCUT2D eigenvalue weighted by atomic mass is 79.9. The van der Waals surface area contributed by atoms with Gasteiger partial charge in [-0.2, -0.15) is 11.8 Å². The van der Waals surface area contributed by atoms with Gasteiger partial charge in [-0.05, 0) is 40.5 Å². The molecular formula is C14H16BrNO3S. The number of aromatic hydroxyl groups is 1. The molecule has 0 aliphatic carbocycles. The minimum atomic E-state index is -0.338. The quantitative estimate of drug-likeness (QED) is 0.667. The number of rotatable bonds is 3. The Bertz CT molecular complexity index is 541. The highest BCUT2D eigenvalue weighted by Gasteiger charge is 2.22. The summed E-state index contributed by atoms with van der Waals surface area (Å²) in [5, 5.41) is 9.92. The van der Waals surface area contributed by atoms with Crippen molar-refractivity contribution in [1.29, 1.82) is 0 Å². The van der Waals surface area contributed by atoms with Gasteiger partial charge in [-0.25, -0.2) is 0 Å². The molecule has 6 heteroatoms. The second-order valence-corrected chi connectivity index (χ2v) is 6.82. The average molecular weight is 358 g/mol. The van der Waals surface area contributed by atoms with Crippen molar-refractivity contribution in [2.75, 3.05) is 24.6 Å². The number of phenols is 1. The second kappa shape index (κ2) is 6.63. The molecule has 0 spiro atoms. The predicted molar refractivity (Wildman–Crippen MR) is 83.4 cm³/mol. The molecule has 4 nitrogen and oxygen atoms in total. The van der Waals surface area contributed by atoms with Crippen LogP contribution >= 0.6 is 27.7 Å². The molecule has 20 heavy (non-hydrogen) atoms. The predicted octanol–water partition coefficient (Wildman–Crippen LogP) is 2.61. The van der Waals surface area contributed by atoms with Crippen LogP contribution in [0.4, 0.5) is 0 Å². The monoisotopic (exact) mass is 357 g/mol. The van der Waals surface area contributed by atoms with Gasteiger partial charge in [-0.1, -0.05) is 0 Å². The van der Waals surface area contributed by atoms with Crippen LogP contribution in [0.2, 0.25) is 0 Å². The van der Waals surface area contributed by atoms with Crippen LogP contribution in [0, 0.1) is 6.92 Å². The maximum atomic E-state index is 12.2. The molecule has 1 fully saturated rings. The zero-order valence-electron chi connectivity index (χ0n) is 11.2. The molecule has 0 radical (unpaired) electrons. The van der Waals surface area contributed by atoms with Crippen molar-refractivity contribution >= 4 is 39.4 Å². The number of carbonyl (C=O) groups excluding carboxylic acids is 2. The maximum absolute atomic E-state index is 12.2. The fourth-order valence-corrected chi connectivity index (χ4v) is 3.58. The number of aryl methyl sites for hydroxylation is 1. The third-order valence-electron chi connectivity index (χ3n) is 3.18. The number of benzene rings is 1. The van der Waals surface area contributed by atoms with Gasteiger partial charge in [0.1, 0.15) is 5.75 Å². The van der Waals surface area contributed by atoms with E-state index in [1.165, 1.54) is 0 Å². The largest absolute Gasteiger partial charge is 0.506 e. The number of amides is 1. The number of ketones is 1. The average Bonchev–Trinajstić information content (AvgIpc) is 2.43. The summed E-state index contributed by atoms with van der Waals surface area (Å²) in [7, 11) is 0. The highest BCUT2D eigenvalue weighted by Crippen LogP contribution is 2.30. The number of Topliss-reactive ketones (excluding diaryl/α,β-unsaturated/α-hetero) is 1. The Hall–Kier alpha value is -1.01. The van der Waals surface area contributed by atoms with Gasteiger partial charge in [0.05, 0.1) is 16.5 Å². The molecule has 2 rings (SSSR count). The lowest BCUT2D eigenvalue weighted by atomic mass is 10.0. The van der Waals surface area contributed by atoms with Crippen LogP contribution in [0.5, 0.6) is 5.75 Å². The van der Waals surface area contributed by atoms with E-state index in [4.69, 9.17) is 0 Å². The Balaban J connectivity index is 2.10. The van der Waals surface area contributed by atoms with E-state index in [2.05, 4.69) is 15.9 Å². The fourth-order valence-electron chi connectivity index (χ4n) is 2.10. The summed E-state index contributed by atoms with van der Waals surface area (Å²) < 4.78 is 0.475. The maximum Gasteiger partial charge on any atom is 0.230 e. The van der Waals surface area contributed by atoms with Crippen LogP contribution in [0.1, 0.15) is 22.3 Å². The van der Waals surface area contributed by atoms with Gasteiger partial charge in [0.15, 0.2) is 5.78 Å². The molecule has 0 aromatic heterocycles. The number of phenolic OH excluding ortho intramolecular Hbond substituents is 1. The van der Waals surface area contributed by atoms with Gasteiger partial charge in [0.2, 0.25) is 5.91 Å². The van der Waals surface area contributed by atoms with Gasteiger partial charge in [-0.15, -0.1) is 0 Å². The minimum Gasteiger partial charge on any atom is -0.506 e. The Kier molecular flexibility index (Phi) is 5.10. The summed E-state index contributed by atoms with van der Waals surface area (Å²) in [5.74, 6) is 1.24. The van der Waals surface area contributed by atoms with E-state index in [1.54, 1.807) is 17.0 Å². The van der Waals surface area contributed by atoms with Gasteiger partial charge in [0, 0.05) is 24.6 Å². The summed E-state index contributed by atoms with van der Waals surface area (Å²) in [5.41, 5.74) is 1.07. The van der Waals surface area contributed by atoms with E-state index in [1.807, 2.05) is 18.7 Å². The molecule has 1 aromatic rings. The Morgan fingerprint density at radius 2 is 2.00 bits per heavy atom. The molecule has 1 aliphatic rings. The molecule has 1 heterocycles. The van der Waals surface area contributed by atoms with Crippen LogP contribution in [-0.4, -0.2) is 46.3 Å². The lowest BCUT2D eigenvalue weighted by Gasteiger charge is -2.26. The van der Waals surface area contributed by atoms with Crippen molar-refractivity contribution in [3.05, 3.63) is 27.7 Å².